The molecular weight excluding hydrogens is 494 g/mol. The van der Waals surface area contributed by atoms with Crippen LogP contribution >= 0.6 is 15.9 Å². The second-order valence-corrected chi connectivity index (χ2v) is 11.0. The van der Waals surface area contributed by atoms with Crippen molar-refractivity contribution in [3.05, 3.63) is 22.4 Å². The third-order valence-corrected chi connectivity index (χ3v) is 5.91. The molecule has 0 aliphatic carbocycles. The van der Waals surface area contributed by atoms with Crippen LogP contribution in [0.25, 0.3) is 0 Å². The van der Waals surface area contributed by atoms with Crippen LogP contribution in [0.2, 0.25) is 0 Å². The maximum Gasteiger partial charge on any atom is 0.411 e. The Balaban J connectivity index is 2.04. The Bertz CT molecular complexity index is 918. The second kappa shape index (κ2) is 10.1. The van der Waals surface area contributed by atoms with E-state index in [4.69, 9.17) is 8.92 Å². The molecule has 1 aromatic rings. The number of ether oxygens (including phenoxy) is 1. The first-order valence-corrected chi connectivity index (χ1v) is 12.3. The maximum atomic E-state index is 12.5. The second-order valence-electron chi connectivity index (χ2n) is 8.46. The Kier molecular flexibility index (Phi) is 8.28. The van der Waals surface area contributed by atoms with Gasteiger partial charge in [-0.15, -0.1) is 0 Å². The molecule has 31 heavy (non-hydrogen) atoms. The number of aromatic nitrogens is 1. The molecule has 2 unspecified atom stereocenters. The number of carboxylic acid groups (broad SMARTS) is 1. The predicted molar refractivity (Wildman–Crippen MR) is 118 cm³/mol. The van der Waals surface area contributed by atoms with E-state index in [1.807, 2.05) is 20.8 Å². The van der Waals surface area contributed by atoms with Gasteiger partial charge in [-0.2, -0.15) is 8.42 Å². The summed E-state index contributed by atoms with van der Waals surface area (Å²) < 4.78 is 33.2. The first kappa shape index (κ1) is 25.3. The molecule has 1 aliphatic heterocycles. The summed E-state index contributed by atoms with van der Waals surface area (Å²) in [6.45, 7) is 6.02. The van der Waals surface area contributed by atoms with Gasteiger partial charge in [-0.05, 0) is 27.4 Å². The highest BCUT2D eigenvalue weighted by Gasteiger charge is 2.39. The minimum Gasteiger partial charge on any atom is -0.465 e. The van der Waals surface area contributed by atoms with E-state index >= 15 is 0 Å². The quantitative estimate of drug-likeness (QED) is 0.543. The third-order valence-electron chi connectivity index (χ3n) is 4.88. The number of halogens is 1. The largest absolute Gasteiger partial charge is 0.465 e. The van der Waals surface area contributed by atoms with Crippen molar-refractivity contribution in [3.63, 3.8) is 0 Å². The zero-order valence-electron chi connectivity index (χ0n) is 17.9. The van der Waals surface area contributed by atoms with E-state index < -0.39 is 28.4 Å². The molecule has 10 nitrogen and oxygen atoms in total. The van der Waals surface area contributed by atoms with Crippen molar-refractivity contribution in [2.45, 2.75) is 52.2 Å². The van der Waals surface area contributed by atoms with Gasteiger partial charge in [-0.3, -0.25) is 14.5 Å². The number of nitrogens with one attached hydrogen (secondary N) is 1. The molecule has 1 aliphatic rings. The van der Waals surface area contributed by atoms with Gasteiger partial charge in [0.25, 0.3) is 10.1 Å². The van der Waals surface area contributed by atoms with Crippen molar-refractivity contribution >= 4 is 43.9 Å². The van der Waals surface area contributed by atoms with Crippen molar-refractivity contribution in [1.82, 2.24) is 9.88 Å². The van der Waals surface area contributed by atoms with Crippen LogP contribution in [0.15, 0.2) is 16.7 Å². The number of piperidine rings is 1. The summed E-state index contributed by atoms with van der Waals surface area (Å²) in [5.41, 5.74) is 0.502. The minimum atomic E-state index is -3.58. The molecule has 0 bridgehead atoms. The highest BCUT2D eigenvalue weighted by Crippen LogP contribution is 2.33. The lowest BCUT2D eigenvalue weighted by Crippen LogP contribution is -2.53. The molecule has 2 heterocycles. The van der Waals surface area contributed by atoms with E-state index in [-0.39, 0.29) is 31.0 Å². The zero-order valence-corrected chi connectivity index (χ0v) is 20.3. The van der Waals surface area contributed by atoms with Crippen molar-refractivity contribution in [3.8, 4) is 0 Å². The van der Waals surface area contributed by atoms with E-state index in [2.05, 4.69) is 26.2 Å². The number of hydrogen-bond donors (Lipinski definition) is 2. The van der Waals surface area contributed by atoms with Crippen molar-refractivity contribution in [2.24, 2.45) is 5.41 Å². The van der Waals surface area contributed by atoms with E-state index in [1.54, 1.807) is 6.07 Å². The van der Waals surface area contributed by atoms with E-state index in [0.29, 0.717) is 28.7 Å². The van der Waals surface area contributed by atoms with Gasteiger partial charge in [0.05, 0.1) is 24.2 Å². The molecule has 1 aromatic heterocycles. The maximum absolute atomic E-state index is 12.5. The van der Waals surface area contributed by atoms with E-state index in [0.717, 1.165) is 6.26 Å². The first-order chi connectivity index (χ1) is 14.3. The van der Waals surface area contributed by atoms with Gasteiger partial charge in [-0.1, -0.05) is 20.8 Å². The van der Waals surface area contributed by atoms with Gasteiger partial charge < -0.3 is 14.7 Å². The van der Waals surface area contributed by atoms with Crippen LogP contribution < -0.4 is 5.32 Å². The SMILES string of the molecule is CC(C)(C)C1CC(OC(=O)Nc2cc(Br)cnc2CCOS(C)(=O)=O)CCN1C(=O)O. The number of nitrogens with zero attached hydrogens (tertiary/aromatic N) is 2. The summed E-state index contributed by atoms with van der Waals surface area (Å²) >= 11 is 3.29. The third kappa shape index (κ3) is 7.93. The molecule has 174 valence electrons. The van der Waals surface area contributed by atoms with Crippen molar-refractivity contribution < 1.29 is 32.0 Å². The highest BCUT2D eigenvalue weighted by atomic mass is 79.9. The lowest BCUT2D eigenvalue weighted by atomic mass is 9.80. The van der Waals surface area contributed by atoms with Gasteiger partial charge in [0.15, 0.2) is 0 Å². The summed E-state index contributed by atoms with van der Waals surface area (Å²) in [6, 6.07) is 1.35. The van der Waals surface area contributed by atoms with Gasteiger partial charge in [-0.25, -0.2) is 9.59 Å². The molecule has 1 fully saturated rings. The monoisotopic (exact) mass is 521 g/mol. The molecule has 0 saturated carbocycles. The molecule has 0 spiro atoms. The van der Waals surface area contributed by atoms with E-state index in [9.17, 15) is 23.1 Å². The minimum absolute atomic E-state index is 0.113. The van der Waals surface area contributed by atoms with Crippen LogP contribution in [0.3, 0.4) is 0 Å². The predicted octanol–water partition coefficient (Wildman–Crippen LogP) is 3.47. The van der Waals surface area contributed by atoms with Crippen LogP contribution in [0.1, 0.15) is 39.3 Å². The fraction of sp³-hybridized carbons (Fsp3) is 0.632. The number of carbonyl (C=O) groups excluding carboxylic acids is 1. The van der Waals surface area contributed by atoms with Crippen molar-refractivity contribution in [1.29, 1.82) is 0 Å². The van der Waals surface area contributed by atoms with Crippen molar-refractivity contribution in [2.75, 3.05) is 24.7 Å². The number of rotatable bonds is 6. The Morgan fingerprint density at radius 2 is 2.06 bits per heavy atom. The zero-order chi connectivity index (χ0) is 23.4. The lowest BCUT2D eigenvalue weighted by molar-refractivity contribution is -0.00186. The van der Waals surface area contributed by atoms with Gasteiger partial charge in [0, 0.05) is 42.5 Å². The standard InChI is InChI=1S/C19H28BrN3O7S/c1-19(2,3)16-10-13(5-7-23(16)18(25)26)30-17(24)22-15-9-12(20)11-21-14(15)6-8-29-31(4,27)28/h9,11,13,16H,5-8,10H2,1-4H3,(H,22,24)(H,25,26). The molecule has 2 atom stereocenters. The normalized spacial score (nSPS) is 19.7. The van der Waals surface area contributed by atoms with E-state index in [1.165, 1.54) is 11.1 Å². The van der Waals surface area contributed by atoms with Gasteiger partial charge >= 0.3 is 12.2 Å². The number of pyridine rings is 1. The lowest BCUT2D eigenvalue weighted by Gasteiger charge is -2.44. The molecule has 0 aromatic carbocycles. The summed E-state index contributed by atoms with van der Waals surface area (Å²) in [5, 5.41) is 12.1. The highest BCUT2D eigenvalue weighted by molar-refractivity contribution is 9.10. The number of anilines is 1. The number of amides is 2. The van der Waals surface area contributed by atoms with Crippen LogP contribution in [0.4, 0.5) is 15.3 Å². The molecule has 1 saturated heterocycles. The van der Waals surface area contributed by atoms with Crippen LogP contribution in [-0.2, 0) is 25.5 Å². The fourth-order valence-corrected chi connectivity index (χ4v) is 4.16. The molecule has 2 N–H and O–H groups in total. The summed E-state index contributed by atoms with van der Waals surface area (Å²) in [7, 11) is -3.58. The Morgan fingerprint density at radius 1 is 1.39 bits per heavy atom. The molecular formula is C19H28BrN3O7S. The summed E-state index contributed by atoms with van der Waals surface area (Å²) in [4.78, 5) is 29.7. The number of carbonyl (C=O) groups is 2. The molecule has 2 amide bonds. The Hall–Kier alpha value is -1.92. The molecule has 0 radical (unpaired) electrons. The average Bonchev–Trinajstić information content (AvgIpc) is 2.61. The summed E-state index contributed by atoms with van der Waals surface area (Å²) in [6.07, 6.45) is 1.35. The smallest absolute Gasteiger partial charge is 0.411 e. The van der Waals surface area contributed by atoms with Crippen LogP contribution in [-0.4, -0.2) is 67.1 Å². The Labute approximate surface area is 190 Å². The number of hydrogen-bond acceptors (Lipinski definition) is 7. The molecule has 2 rings (SSSR count). The first-order valence-electron chi connectivity index (χ1n) is 9.72. The van der Waals surface area contributed by atoms with Gasteiger partial charge in [0.2, 0.25) is 0 Å². The Morgan fingerprint density at radius 3 is 2.65 bits per heavy atom. The van der Waals surface area contributed by atoms with Gasteiger partial charge in [0.1, 0.15) is 6.10 Å². The molecule has 12 heteroatoms. The fourth-order valence-electron chi connectivity index (χ4n) is 3.45. The van der Waals surface area contributed by atoms with Crippen LogP contribution in [0, 0.1) is 5.41 Å². The average molecular weight is 522 g/mol. The topological polar surface area (TPSA) is 135 Å². The summed E-state index contributed by atoms with van der Waals surface area (Å²) in [5.74, 6) is 0. The number of likely N-dealkylation sites (tertiary alicyclic amines) is 1. The van der Waals surface area contributed by atoms with Crippen LogP contribution in [0.5, 0.6) is 0 Å².